The van der Waals surface area contributed by atoms with E-state index >= 15 is 0 Å². The number of benzene rings is 1. The lowest BCUT2D eigenvalue weighted by Crippen LogP contribution is -2.43. The standard InChI is InChI=1S/C19H25N5O.2ClH/c1-14(18(20)15-7-3-2-4-8-15)19(25)21-13-16-9-6-12-24(16)17-10-5-11-22-23-17;;/h2-5,7-8,10-11,14,16,18H,6,9,12-13,20H2,1H3,(H,21,25);2*1H. The van der Waals surface area contributed by atoms with Crippen LogP contribution >= 0.6 is 24.8 Å². The molecule has 1 aliphatic heterocycles. The Bertz CT molecular complexity index is 689. The van der Waals surface area contributed by atoms with Crippen molar-refractivity contribution in [3.05, 3.63) is 54.2 Å². The maximum atomic E-state index is 12.5. The fraction of sp³-hybridized carbons (Fsp3) is 0.421. The van der Waals surface area contributed by atoms with Crippen molar-refractivity contribution in [2.24, 2.45) is 11.7 Å². The van der Waals surface area contributed by atoms with Crippen LogP contribution in [0.2, 0.25) is 0 Å². The highest BCUT2D eigenvalue weighted by atomic mass is 35.5. The third kappa shape index (κ3) is 5.79. The third-order valence-electron chi connectivity index (χ3n) is 4.88. The van der Waals surface area contributed by atoms with Crippen molar-refractivity contribution in [3.63, 3.8) is 0 Å². The Hall–Kier alpha value is -1.89. The van der Waals surface area contributed by atoms with Gasteiger partial charge in [-0.1, -0.05) is 37.3 Å². The summed E-state index contributed by atoms with van der Waals surface area (Å²) in [6, 6.07) is 13.5. The predicted molar refractivity (Wildman–Crippen MR) is 112 cm³/mol. The number of amides is 1. The molecule has 1 aromatic carbocycles. The molecule has 3 atom stereocenters. The van der Waals surface area contributed by atoms with E-state index in [1.807, 2.05) is 49.4 Å². The molecule has 27 heavy (non-hydrogen) atoms. The zero-order valence-electron chi connectivity index (χ0n) is 15.3. The minimum absolute atomic E-state index is 0. The zero-order chi connectivity index (χ0) is 17.6. The van der Waals surface area contributed by atoms with Crippen LogP contribution in [0.15, 0.2) is 48.7 Å². The quantitative estimate of drug-likeness (QED) is 0.762. The Morgan fingerprint density at radius 3 is 2.67 bits per heavy atom. The molecule has 0 saturated carbocycles. The number of halogens is 2. The van der Waals surface area contributed by atoms with Gasteiger partial charge in [0, 0.05) is 31.4 Å². The number of nitrogens with two attached hydrogens (primary N) is 1. The number of rotatable bonds is 6. The van der Waals surface area contributed by atoms with Gasteiger partial charge < -0.3 is 16.0 Å². The van der Waals surface area contributed by atoms with Crippen LogP contribution in [-0.4, -0.2) is 35.2 Å². The highest BCUT2D eigenvalue weighted by Gasteiger charge is 2.28. The van der Waals surface area contributed by atoms with E-state index in [2.05, 4.69) is 20.4 Å². The van der Waals surface area contributed by atoms with Gasteiger partial charge in [-0.25, -0.2) is 0 Å². The Labute approximate surface area is 172 Å². The molecular formula is C19H27Cl2N5O. The molecule has 6 nitrogen and oxygen atoms in total. The lowest BCUT2D eigenvalue weighted by atomic mass is 9.94. The highest BCUT2D eigenvalue weighted by Crippen LogP contribution is 2.23. The molecule has 1 fully saturated rings. The minimum atomic E-state index is -0.305. The van der Waals surface area contributed by atoms with Crippen LogP contribution in [0.1, 0.15) is 31.4 Å². The number of carbonyl (C=O) groups excluding carboxylic acids is 1. The number of nitrogens with zero attached hydrogens (tertiary/aromatic N) is 3. The summed E-state index contributed by atoms with van der Waals surface area (Å²) in [5.74, 6) is 0.574. The molecule has 3 N–H and O–H groups in total. The van der Waals surface area contributed by atoms with Gasteiger partial charge in [-0.3, -0.25) is 4.79 Å². The Morgan fingerprint density at radius 1 is 1.26 bits per heavy atom. The van der Waals surface area contributed by atoms with Crippen LogP contribution in [0.4, 0.5) is 5.82 Å². The molecule has 2 heterocycles. The first-order valence-electron chi connectivity index (χ1n) is 8.79. The van der Waals surface area contributed by atoms with Crippen molar-refractivity contribution in [3.8, 4) is 0 Å². The van der Waals surface area contributed by atoms with Crippen molar-refractivity contribution in [2.45, 2.75) is 31.8 Å². The van der Waals surface area contributed by atoms with Crippen LogP contribution in [0.3, 0.4) is 0 Å². The van der Waals surface area contributed by atoms with Crippen LogP contribution in [-0.2, 0) is 4.79 Å². The molecule has 0 spiro atoms. The molecule has 1 aromatic heterocycles. The predicted octanol–water partition coefficient (Wildman–Crippen LogP) is 2.74. The summed E-state index contributed by atoms with van der Waals surface area (Å²) < 4.78 is 0. The summed E-state index contributed by atoms with van der Waals surface area (Å²) in [7, 11) is 0. The molecule has 1 amide bonds. The van der Waals surface area contributed by atoms with Gasteiger partial charge in [-0.15, -0.1) is 29.9 Å². The van der Waals surface area contributed by atoms with E-state index in [1.165, 1.54) is 0 Å². The van der Waals surface area contributed by atoms with Crippen molar-refractivity contribution in [1.29, 1.82) is 0 Å². The SMILES string of the molecule is CC(C(=O)NCC1CCCN1c1cccnn1)C(N)c1ccccc1.Cl.Cl. The Morgan fingerprint density at radius 2 is 2.00 bits per heavy atom. The first kappa shape index (κ1) is 23.1. The lowest BCUT2D eigenvalue weighted by molar-refractivity contribution is -0.125. The number of hydrogen-bond donors (Lipinski definition) is 2. The molecule has 3 unspecified atom stereocenters. The fourth-order valence-corrected chi connectivity index (χ4v) is 3.30. The molecule has 0 bridgehead atoms. The second-order valence-electron chi connectivity index (χ2n) is 6.54. The maximum absolute atomic E-state index is 12.5. The van der Waals surface area contributed by atoms with Crippen LogP contribution in [0.25, 0.3) is 0 Å². The molecule has 0 radical (unpaired) electrons. The number of hydrogen-bond acceptors (Lipinski definition) is 5. The number of aromatic nitrogens is 2. The summed E-state index contributed by atoms with van der Waals surface area (Å²) in [5, 5.41) is 11.2. The van der Waals surface area contributed by atoms with E-state index < -0.39 is 0 Å². The van der Waals surface area contributed by atoms with Gasteiger partial charge >= 0.3 is 0 Å². The van der Waals surface area contributed by atoms with Gasteiger partial charge in [0.25, 0.3) is 0 Å². The second-order valence-corrected chi connectivity index (χ2v) is 6.54. The highest BCUT2D eigenvalue weighted by molar-refractivity contribution is 5.85. The summed E-state index contributed by atoms with van der Waals surface area (Å²) in [6.45, 7) is 3.42. The molecule has 1 saturated heterocycles. The first-order chi connectivity index (χ1) is 12.2. The van der Waals surface area contributed by atoms with Crippen molar-refractivity contribution < 1.29 is 4.79 Å². The van der Waals surface area contributed by atoms with Crippen molar-refractivity contribution in [1.82, 2.24) is 15.5 Å². The molecule has 8 heteroatoms. The van der Waals surface area contributed by atoms with Gasteiger partial charge in [0.1, 0.15) is 0 Å². The minimum Gasteiger partial charge on any atom is -0.354 e. The zero-order valence-corrected chi connectivity index (χ0v) is 17.0. The first-order valence-corrected chi connectivity index (χ1v) is 8.79. The molecular weight excluding hydrogens is 385 g/mol. The summed E-state index contributed by atoms with van der Waals surface area (Å²) in [4.78, 5) is 14.7. The Kier molecular flexibility index (Phi) is 9.49. The largest absolute Gasteiger partial charge is 0.354 e. The number of nitrogens with one attached hydrogen (secondary N) is 1. The number of anilines is 1. The van der Waals surface area contributed by atoms with Gasteiger partial charge in [0.2, 0.25) is 5.91 Å². The average molecular weight is 412 g/mol. The summed E-state index contributed by atoms with van der Waals surface area (Å²) in [5.41, 5.74) is 7.23. The van der Waals surface area contributed by atoms with Gasteiger partial charge in [-0.05, 0) is 30.5 Å². The van der Waals surface area contributed by atoms with Crippen LogP contribution < -0.4 is 16.0 Å². The van der Waals surface area contributed by atoms with E-state index in [1.54, 1.807) is 6.20 Å². The van der Waals surface area contributed by atoms with Gasteiger partial charge in [0.15, 0.2) is 5.82 Å². The fourth-order valence-electron chi connectivity index (χ4n) is 3.30. The second kappa shape index (κ2) is 11.1. The van der Waals surface area contributed by atoms with Crippen LogP contribution in [0, 0.1) is 5.92 Å². The van der Waals surface area contributed by atoms with E-state index in [9.17, 15) is 4.79 Å². The van der Waals surface area contributed by atoms with E-state index in [-0.39, 0.29) is 48.7 Å². The molecule has 1 aliphatic rings. The van der Waals surface area contributed by atoms with Crippen molar-refractivity contribution >= 4 is 36.5 Å². The normalized spacial score (nSPS) is 18.0. The molecule has 2 aromatic rings. The number of carbonyl (C=O) groups is 1. The van der Waals surface area contributed by atoms with E-state index in [0.29, 0.717) is 6.54 Å². The lowest BCUT2D eigenvalue weighted by Gasteiger charge is -2.26. The molecule has 0 aliphatic carbocycles. The Balaban J connectivity index is 0.00000182. The smallest absolute Gasteiger partial charge is 0.224 e. The molecule has 148 valence electrons. The summed E-state index contributed by atoms with van der Waals surface area (Å²) in [6.07, 6.45) is 3.80. The topological polar surface area (TPSA) is 84.1 Å². The maximum Gasteiger partial charge on any atom is 0.224 e. The average Bonchev–Trinajstić information content (AvgIpc) is 3.15. The summed E-state index contributed by atoms with van der Waals surface area (Å²) >= 11 is 0. The van der Waals surface area contributed by atoms with Gasteiger partial charge in [0.05, 0.1) is 5.92 Å². The van der Waals surface area contributed by atoms with E-state index in [0.717, 1.165) is 30.8 Å². The van der Waals surface area contributed by atoms with Gasteiger partial charge in [-0.2, -0.15) is 5.10 Å². The van der Waals surface area contributed by atoms with E-state index in [4.69, 9.17) is 5.73 Å². The monoisotopic (exact) mass is 411 g/mol. The van der Waals surface area contributed by atoms with Crippen molar-refractivity contribution in [2.75, 3.05) is 18.0 Å². The van der Waals surface area contributed by atoms with Crippen LogP contribution in [0.5, 0.6) is 0 Å². The third-order valence-corrected chi connectivity index (χ3v) is 4.88. The molecule has 3 rings (SSSR count).